The van der Waals surface area contributed by atoms with Crippen molar-refractivity contribution in [1.82, 2.24) is 70.4 Å². The molecule has 0 radical (unpaired) electrons. The van der Waals surface area contributed by atoms with E-state index in [1.807, 2.05) is 26.4 Å². The number of rotatable bonds is 0. The van der Waals surface area contributed by atoms with Gasteiger partial charge in [0.2, 0.25) is 0 Å². The minimum absolute atomic E-state index is 0.00319. The Morgan fingerprint density at radius 3 is 1.23 bits per heavy atom. The molecule has 4 heterocycles. The van der Waals surface area contributed by atoms with Gasteiger partial charge in [-0.2, -0.15) is 4.80 Å². The van der Waals surface area contributed by atoms with Crippen molar-refractivity contribution in [3.63, 3.8) is 0 Å². The van der Waals surface area contributed by atoms with Crippen molar-refractivity contribution in [2.24, 2.45) is 0 Å². The van der Waals surface area contributed by atoms with Crippen LogP contribution in [0, 0.1) is 0 Å². The van der Waals surface area contributed by atoms with Crippen molar-refractivity contribution in [2.75, 3.05) is 0 Å². The van der Waals surface area contributed by atoms with Crippen LogP contribution in [0.5, 0.6) is 0 Å². The third-order valence-corrected chi connectivity index (χ3v) is 7.36. The third kappa shape index (κ3) is 14.1. The molecule has 14 nitrogen and oxygen atoms in total. The average Bonchev–Trinajstić information content (AvgIpc) is 3.72. The molecule has 0 aromatic carbocycles. The van der Waals surface area contributed by atoms with E-state index < -0.39 is 0 Å². The first kappa shape index (κ1) is 46.4. The van der Waals surface area contributed by atoms with Crippen LogP contribution < -0.4 is 0 Å². The van der Waals surface area contributed by atoms with Crippen molar-refractivity contribution < 1.29 is 0 Å². The maximum absolute atomic E-state index is 4.35. The van der Waals surface area contributed by atoms with Crippen LogP contribution in [0.25, 0.3) is 0 Å². The van der Waals surface area contributed by atoms with Crippen molar-refractivity contribution in [2.45, 2.75) is 210 Å². The van der Waals surface area contributed by atoms with Crippen LogP contribution in [-0.4, -0.2) is 70.4 Å². The van der Waals surface area contributed by atoms with E-state index in [1.165, 1.54) is 5.69 Å². The molecule has 4 aromatic rings. The van der Waals surface area contributed by atoms with Crippen LogP contribution >= 0.6 is 0 Å². The van der Waals surface area contributed by atoms with Gasteiger partial charge in [0.15, 0.2) is 11.6 Å². The standard InChI is InChI=1S/2C10H19N3.2C9H18N4/c1-9(2,3)8-7-13(12-11-8)10(4,5)6;1-9(2,3)8-7-11-12-13(8)10(4,5)6;1-8(2,3)7-10-11-12-13(7)9(4,5)6;1-8(2,3)7-10-12-13(11-7)9(4,5)6/h2*7H,1-6H3;2*1-6H3. The van der Waals surface area contributed by atoms with E-state index in [2.05, 4.69) is 218 Å². The van der Waals surface area contributed by atoms with Crippen LogP contribution in [0.15, 0.2) is 12.4 Å². The minimum atomic E-state index is -0.0868. The van der Waals surface area contributed by atoms with Gasteiger partial charge < -0.3 is 0 Å². The van der Waals surface area contributed by atoms with Gasteiger partial charge in [-0.25, -0.2) is 14.0 Å². The number of aromatic nitrogens is 14. The highest BCUT2D eigenvalue weighted by Gasteiger charge is 2.28. The molecular weight excluding hydrogens is 653 g/mol. The monoisotopic (exact) mass is 727 g/mol. The highest BCUT2D eigenvalue weighted by Crippen LogP contribution is 2.26. The van der Waals surface area contributed by atoms with Crippen LogP contribution in [0.1, 0.15) is 189 Å². The molecular formula is C38H74N14. The molecule has 0 aliphatic rings. The van der Waals surface area contributed by atoms with Crippen molar-refractivity contribution >= 4 is 0 Å². The largest absolute Gasteiger partial charge is 0.247 e. The Bertz CT molecular complexity index is 1410. The second-order valence-electron chi connectivity index (χ2n) is 21.6. The summed E-state index contributed by atoms with van der Waals surface area (Å²) in [6.45, 7) is 50.8. The maximum atomic E-state index is 4.35. The summed E-state index contributed by atoms with van der Waals surface area (Å²) in [6, 6.07) is 0. The Morgan fingerprint density at radius 2 is 0.962 bits per heavy atom. The molecule has 14 heteroatoms. The molecule has 0 bridgehead atoms. The Labute approximate surface area is 315 Å². The molecule has 0 fully saturated rings. The van der Waals surface area contributed by atoms with E-state index in [4.69, 9.17) is 0 Å². The third-order valence-electron chi connectivity index (χ3n) is 7.36. The van der Waals surface area contributed by atoms with E-state index in [0.717, 1.165) is 17.3 Å². The first-order chi connectivity index (χ1) is 22.9. The lowest BCUT2D eigenvalue weighted by molar-refractivity contribution is 0.303. The van der Waals surface area contributed by atoms with Gasteiger partial charge in [0, 0.05) is 27.9 Å². The molecule has 0 saturated heterocycles. The molecule has 0 N–H and O–H groups in total. The number of nitrogens with zero attached hydrogens (tertiary/aromatic N) is 14. The summed E-state index contributed by atoms with van der Waals surface area (Å²) in [4.78, 5) is 1.66. The van der Waals surface area contributed by atoms with Gasteiger partial charge in [0.25, 0.3) is 0 Å². The molecule has 0 aliphatic carbocycles. The fraction of sp³-hybridized carbons (Fsp3) is 0.842. The fourth-order valence-corrected chi connectivity index (χ4v) is 4.08. The lowest BCUT2D eigenvalue weighted by Gasteiger charge is -2.27. The van der Waals surface area contributed by atoms with Gasteiger partial charge in [-0.15, -0.1) is 25.5 Å². The molecule has 0 amide bonds. The van der Waals surface area contributed by atoms with E-state index in [-0.39, 0.29) is 43.8 Å². The molecule has 0 atom stereocenters. The molecule has 0 aliphatic heterocycles. The summed E-state index contributed by atoms with van der Waals surface area (Å²) in [5.74, 6) is 1.72. The zero-order valence-corrected chi connectivity index (χ0v) is 37.4. The second-order valence-corrected chi connectivity index (χ2v) is 21.6. The number of tetrazole rings is 2. The second kappa shape index (κ2) is 15.8. The summed E-state index contributed by atoms with van der Waals surface area (Å²) in [5, 5.41) is 40.6. The summed E-state index contributed by atoms with van der Waals surface area (Å²) in [5.41, 5.74) is 2.29. The van der Waals surface area contributed by atoms with E-state index in [0.29, 0.717) is 0 Å². The average molecular weight is 727 g/mol. The first-order valence-electron chi connectivity index (χ1n) is 18.3. The zero-order valence-electron chi connectivity index (χ0n) is 37.4. The quantitative estimate of drug-likeness (QED) is 0.174. The van der Waals surface area contributed by atoms with Crippen LogP contribution in [0.2, 0.25) is 0 Å². The molecule has 4 aromatic heterocycles. The predicted octanol–water partition coefficient (Wildman–Crippen LogP) is 8.11. The minimum Gasteiger partial charge on any atom is -0.247 e. The Kier molecular flexibility index (Phi) is 14.1. The Balaban J connectivity index is 0.000000347. The Hall–Kier alpha value is -3.58. The smallest absolute Gasteiger partial charge is 0.180 e. The summed E-state index contributed by atoms with van der Waals surface area (Å²) >= 11 is 0. The van der Waals surface area contributed by atoms with E-state index >= 15 is 0 Å². The zero-order chi connectivity index (χ0) is 41.1. The number of hydrogen-bond acceptors (Lipinski definition) is 10. The predicted molar refractivity (Wildman–Crippen MR) is 210 cm³/mol. The molecule has 0 unspecified atom stereocenters. The maximum Gasteiger partial charge on any atom is 0.180 e. The summed E-state index contributed by atoms with van der Waals surface area (Å²) in [6.07, 6.45) is 3.88. The Morgan fingerprint density at radius 1 is 0.442 bits per heavy atom. The SMILES string of the molecule is CC(C)(C)c1cn(C(C)(C)C)nn1.CC(C)(C)c1cnnn1C(C)(C)C.CC(C)(C)c1nnn(C(C)(C)C)n1.CC(C)(C)c1nnnn1C(C)(C)C. The van der Waals surface area contributed by atoms with Gasteiger partial charge in [-0.3, -0.25) is 0 Å². The van der Waals surface area contributed by atoms with Crippen LogP contribution in [-0.2, 0) is 43.8 Å². The highest BCUT2D eigenvalue weighted by molar-refractivity contribution is 5.10. The molecule has 296 valence electrons. The fourth-order valence-electron chi connectivity index (χ4n) is 4.08. The normalized spacial score (nSPS) is 13.4. The molecule has 0 spiro atoms. The highest BCUT2D eigenvalue weighted by atomic mass is 15.6. The van der Waals surface area contributed by atoms with Crippen molar-refractivity contribution in [3.8, 4) is 0 Å². The van der Waals surface area contributed by atoms with Crippen molar-refractivity contribution in [1.29, 1.82) is 0 Å². The van der Waals surface area contributed by atoms with Crippen LogP contribution in [0.3, 0.4) is 0 Å². The lowest BCUT2D eigenvalue weighted by atomic mass is 9.91. The van der Waals surface area contributed by atoms with Gasteiger partial charge in [0.1, 0.15) is 0 Å². The lowest BCUT2D eigenvalue weighted by Crippen LogP contribution is -2.30. The molecule has 0 saturated carbocycles. The van der Waals surface area contributed by atoms with Crippen LogP contribution in [0.4, 0.5) is 0 Å². The summed E-state index contributed by atoms with van der Waals surface area (Å²) in [7, 11) is 0. The van der Waals surface area contributed by atoms with E-state index in [9.17, 15) is 0 Å². The molecule has 52 heavy (non-hydrogen) atoms. The van der Waals surface area contributed by atoms with Gasteiger partial charge in [0.05, 0.1) is 39.7 Å². The topological polar surface area (TPSA) is 149 Å². The van der Waals surface area contributed by atoms with Gasteiger partial charge in [-0.1, -0.05) is 93.5 Å². The number of hydrogen-bond donors (Lipinski definition) is 0. The van der Waals surface area contributed by atoms with Gasteiger partial charge >= 0.3 is 0 Å². The van der Waals surface area contributed by atoms with Gasteiger partial charge in [-0.05, 0) is 98.7 Å². The first-order valence-corrected chi connectivity index (χ1v) is 18.3. The molecule has 4 rings (SSSR count). The van der Waals surface area contributed by atoms with E-state index in [1.54, 1.807) is 4.80 Å². The summed E-state index contributed by atoms with van der Waals surface area (Å²) < 4.78 is 5.79. The van der Waals surface area contributed by atoms with Crippen molar-refractivity contribution in [3.05, 3.63) is 35.4 Å².